The molecule has 0 saturated heterocycles. The van der Waals surface area contributed by atoms with Crippen LogP contribution in [0.4, 0.5) is 13.2 Å². The number of amides is 1. The topological polar surface area (TPSA) is 63.2 Å². The minimum atomic E-state index is -4.27. The molecule has 0 heterocycles. The number of alkyl halides is 3. The average Bonchev–Trinajstić information content (AvgIpc) is 2.47. The van der Waals surface area contributed by atoms with E-state index in [1.54, 1.807) is 0 Å². The Morgan fingerprint density at radius 2 is 1.83 bits per heavy atom. The van der Waals surface area contributed by atoms with Crippen LogP contribution in [-0.4, -0.2) is 25.8 Å². The van der Waals surface area contributed by atoms with Crippen LogP contribution in [0, 0.1) is 5.92 Å². The summed E-state index contributed by atoms with van der Waals surface area (Å²) < 4.78 is 64.2. The Hall–Kier alpha value is -1.05. The predicted octanol–water partition coefficient (Wildman–Crippen LogP) is 3.44. The summed E-state index contributed by atoms with van der Waals surface area (Å²) in [6.45, 7) is 0. The van der Waals surface area contributed by atoms with Crippen LogP contribution in [-0.2, 0) is 14.8 Å². The van der Waals surface area contributed by atoms with Crippen molar-refractivity contribution < 1.29 is 26.4 Å². The standard InChI is InChI=1S/C15H22F3NO3S/c16-15(17,18)12-6-8-13(9-7-12)23(21,22)19-14(20)10-11-4-2-1-3-5-11/h4,12-13H,1-3,5-10H2,(H,19,20). The predicted molar refractivity (Wildman–Crippen MR) is 80.0 cm³/mol. The van der Waals surface area contributed by atoms with Gasteiger partial charge in [-0.3, -0.25) is 9.52 Å². The maximum atomic E-state index is 12.6. The van der Waals surface area contributed by atoms with Crippen molar-refractivity contribution in [3.8, 4) is 0 Å². The Labute approximate surface area is 134 Å². The second kappa shape index (κ2) is 7.23. The van der Waals surface area contributed by atoms with Gasteiger partial charge in [0.25, 0.3) is 0 Å². The molecule has 2 aliphatic carbocycles. The molecule has 0 aromatic rings. The van der Waals surface area contributed by atoms with Gasteiger partial charge in [0.1, 0.15) is 0 Å². The van der Waals surface area contributed by atoms with E-state index in [0.29, 0.717) is 0 Å². The molecule has 1 saturated carbocycles. The number of sulfonamides is 1. The molecular weight excluding hydrogens is 331 g/mol. The van der Waals surface area contributed by atoms with Crippen LogP contribution in [0.5, 0.6) is 0 Å². The number of allylic oxidation sites excluding steroid dienone is 1. The molecule has 0 radical (unpaired) electrons. The van der Waals surface area contributed by atoms with Gasteiger partial charge in [0.2, 0.25) is 15.9 Å². The largest absolute Gasteiger partial charge is 0.391 e. The summed E-state index contributed by atoms with van der Waals surface area (Å²) in [5.74, 6) is -2.02. The number of hydrogen-bond acceptors (Lipinski definition) is 3. The summed E-state index contributed by atoms with van der Waals surface area (Å²) >= 11 is 0. The zero-order chi connectivity index (χ0) is 17.1. The lowest BCUT2D eigenvalue weighted by atomic mass is 9.88. The van der Waals surface area contributed by atoms with Crippen molar-refractivity contribution in [2.75, 3.05) is 0 Å². The molecule has 0 aliphatic heterocycles. The number of carbonyl (C=O) groups excluding carboxylic acids is 1. The normalized spacial score (nSPS) is 26.5. The third-order valence-electron chi connectivity index (χ3n) is 4.60. The van der Waals surface area contributed by atoms with E-state index in [1.807, 2.05) is 10.8 Å². The first kappa shape index (κ1) is 18.3. The molecule has 0 spiro atoms. The molecule has 1 fully saturated rings. The highest BCUT2D eigenvalue weighted by Gasteiger charge is 2.43. The van der Waals surface area contributed by atoms with Crippen molar-refractivity contribution in [3.63, 3.8) is 0 Å². The van der Waals surface area contributed by atoms with E-state index in [0.717, 1.165) is 31.3 Å². The van der Waals surface area contributed by atoms with Gasteiger partial charge in [0.15, 0.2) is 0 Å². The monoisotopic (exact) mass is 353 g/mol. The Morgan fingerprint density at radius 1 is 1.17 bits per heavy atom. The van der Waals surface area contributed by atoms with Crippen LogP contribution in [0.2, 0.25) is 0 Å². The summed E-state index contributed by atoms with van der Waals surface area (Å²) in [6.07, 6.45) is 0.987. The van der Waals surface area contributed by atoms with Gasteiger partial charge in [-0.25, -0.2) is 8.42 Å². The lowest BCUT2D eigenvalue weighted by molar-refractivity contribution is -0.181. The number of halogens is 3. The molecule has 0 aromatic heterocycles. The lowest BCUT2D eigenvalue weighted by Crippen LogP contribution is -2.41. The molecule has 1 N–H and O–H groups in total. The SMILES string of the molecule is O=C(CC1=CCCCC1)NS(=O)(=O)C1CCC(C(F)(F)F)CC1. The summed E-state index contributed by atoms with van der Waals surface area (Å²) in [5.41, 5.74) is 0.935. The molecule has 23 heavy (non-hydrogen) atoms. The maximum Gasteiger partial charge on any atom is 0.391 e. The smallest absolute Gasteiger partial charge is 0.274 e. The average molecular weight is 353 g/mol. The summed E-state index contributed by atoms with van der Waals surface area (Å²) in [6, 6.07) is 0. The van der Waals surface area contributed by atoms with Gasteiger partial charge >= 0.3 is 6.18 Å². The fourth-order valence-electron chi connectivity index (χ4n) is 3.25. The molecule has 2 aliphatic rings. The summed E-state index contributed by atoms with van der Waals surface area (Å²) in [7, 11) is -3.90. The van der Waals surface area contributed by atoms with Gasteiger partial charge in [0, 0.05) is 6.42 Å². The zero-order valence-corrected chi connectivity index (χ0v) is 13.7. The van der Waals surface area contributed by atoms with Crippen LogP contribution in [0.1, 0.15) is 57.8 Å². The van der Waals surface area contributed by atoms with Gasteiger partial charge in [-0.1, -0.05) is 11.6 Å². The molecule has 1 amide bonds. The van der Waals surface area contributed by atoms with E-state index in [9.17, 15) is 26.4 Å². The number of carbonyl (C=O) groups is 1. The molecule has 0 aromatic carbocycles. The third-order valence-corrected chi connectivity index (χ3v) is 6.47. The van der Waals surface area contributed by atoms with Crippen molar-refractivity contribution in [2.45, 2.75) is 69.2 Å². The molecule has 0 unspecified atom stereocenters. The van der Waals surface area contributed by atoms with Crippen LogP contribution in [0.25, 0.3) is 0 Å². The first-order valence-electron chi connectivity index (χ1n) is 7.97. The second-order valence-corrected chi connectivity index (χ2v) is 8.33. The third kappa shape index (κ3) is 5.22. The van der Waals surface area contributed by atoms with Crippen molar-refractivity contribution in [1.82, 2.24) is 4.72 Å². The van der Waals surface area contributed by atoms with Gasteiger partial charge in [0.05, 0.1) is 11.2 Å². The van der Waals surface area contributed by atoms with E-state index in [1.165, 1.54) is 0 Å². The van der Waals surface area contributed by atoms with Gasteiger partial charge in [-0.2, -0.15) is 13.2 Å². The molecular formula is C15H22F3NO3S. The van der Waals surface area contributed by atoms with Crippen molar-refractivity contribution in [2.24, 2.45) is 5.92 Å². The first-order chi connectivity index (χ1) is 10.7. The highest BCUT2D eigenvalue weighted by atomic mass is 32.2. The summed E-state index contributed by atoms with van der Waals surface area (Å²) in [4.78, 5) is 11.9. The molecule has 0 bridgehead atoms. The molecule has 132 valence electrons. The lowest BCUT2D eigenvalue weighted by Gasteiger charge is -2.29. The fourth-order valence-corrected chi connectivity index (χ4v) is 4.70. The number of hydrogen-bond donors (Lipinski definition) is 1. The van der Waals surface area contributed by atoms with E-state index < -0.39 is 33.3 Å². The van der Waals surface area contributed by atoms with E-state index in [-0.39, 0.29) is 32.1 Å². The maximum absolute atomic E-state index is 12.6. The number of rotatable bonds is 4. The first-order valence-corrected chi connectivity index (χ1v) is 9.52. The van der Waals surface area contributed by atoms with Crippen molar-refractivity contribution in [1.29, 1.82) is 0 Å². The Balaban J connectivity index is 1.87. The highest BCUT2D eigenvalue weighted by Crippen LogP contribution is 2.39. The Bertz CT molecular complexity index is 561. The van der Waals surface area contributed by atoms with E-state index >= 15 is 0 Å². The Morgan fingerprint density at radius 3 is 2.35 bits per heavy atom. The van der Waals surface area contributed by atoms with E-state index in [4.69, 9.17) is 0 Å². The zero-order valence-electron chi connectivity index (χ0n) is 12.9. The van der Waals surface area contributed by atoms with Crippen molar-refractivity contribution in [3.05, 3.63) is 11.6 Å². The van der Waals surface area contributed by atoms with Crippen molar-refractivity contribution >= 4 is 15.9 Å². The minimum absolute atomic E-state index is 0.0527. The van der Waals surface area contributed by atoms with Gasteiger partial charge in [-0.05, 0) is 51.4 Å². The van der Waals surface area contributed by atoms with Gasteiger partial charge in [-0.15, -0.1) is 0 Å². The van der Waals surface area contributed by atoms with Crippen LogP contribution in [0.3, 0.4) is 0 Å². The van der Waals surface area contributed by atoms with Crippen LogP contribution < -0.4 is 4.72 Å². The molecule has 8 heteroatoms. The van der Waals surface area contributed by atoms with Crippen LogP contribution in [0.15, 0.2) is 11.6 Å². The molecule has 2 rings (SSSR count). The molecule has 4 nitrogen and oxygen atoms in total. The van der Waals surface area contributed by atoms with Gasteiger partial charge < -0.3 is 0 Å². The van der Waals surface area contributed by atoms with E-state index in [2.05, 4.69) is 0 Å². The Kier molecular flexibility index (Phi) is 5.75. The molecule has 0 atom stereocenters. The number of nitrogens with one attached hydrogen (secondary N) is 1. The fraction of sp³-hybridized carbons (Fsp3) is 0.800. The second-order valence-electron chi connectivity index (χ2n) is 6.37. The van der Waals surface area contributed by atoms with Crippen LogP contribution >= 0.6 is 0 Å². The minimum Gasteiger partial charge on any atom is -0.274 e. The highest BCUT2D eigenvalue weighted by molar-refractivity contribution is 7.90. The summed E-state index contributed by atoms with van der Waals surface area (Å²) in [5, 5.41) is -0.912. The quantitative estimate of drug-likeness (QED) is 0.788.